The first-order valence-electron chi connectivity index (χ1n) is 3.40. The molecule has 0 spiro atoms. The molecule has 1 unspecified atom stereocenters. The Morgan fingerprint density at radius 3 is 1.78 bits per heavy atom. The minimum atomic E-state index is -1.15. The SMILES string of the molecule is CC(C)CC(C)B(O)O. The first-order chi connectivity index (χ1) is 4.04. The molecule has 0 aromatic rings. The lowest BCUT2D eigenvalue weighted by atomic mass is 9.70. The van der Waals surface area contributed by atoms with Gasteiger partial charge in [-0.1, -0.05) is 20.8 Å². The molecule has 0 bridgehead atoms. The van der Waals surface area contributed by atoms with E-state index in [-0.39, 0.29) is 5.82 Å². The van der Waals surface area contributed by atoms with Crippen molar-refractivity contribution in [1.82, 2.24) is 0 Å². The Morgan fingerprint density at radius 1 is 1.22 bits per heavy atom. The van der Waals surface area contributed by atoms with E-state index in [2.05, 4.69) is 13.8 Å². The van der Waals surface area contributed by atoms with Crippen LogP contribution in [-0.4, -0.2) is 17.2 Å². The maximum atomic E-state index is 8.63. The van der Waals surface area contributed by atoms with Gasteiger partial charge in [0, 0.05) is 0 Å². The zero-order valence-corrected chi connectivity index (χ0v) is 6.33. The van der Waals surface area contributed by atoms with Crippen LogP contribution in [0.5, 0.6) is 0 Å². The van der Waals surface area contributed by atoms with E-state index in [1.54, 1.807) is 0 Å². The monoisotopic (exact) mass is 130 g/mol. The third kappa shape index (κ3) is 4.49. The summed E-state index contributed by atoms with van der Waals surface area (Å²) >= 11 is 0. The van der Waals surface area contributed by atoms with Crippen LogP contribution in [0, 0.1) is 5.92 Å². The highest BCUT2D eigenvalue weighted by Crippen LogP contribution is 2.16. The van der Waals surface area contributed by atoms with Crippen LogP contribution >= 0.6 is 0 Å². The van der Waals surface area contributed by atoms with Crippen molar-refractivity contribution in [2.75, 3.05) is 0 Å². The first-order valence-corrected chi connectivity index (χ1v) is 3.40. The van der Waals surface area contributed by atoms with Crippen molar-refractivity contribution in [2.24, 2.45) is 5.92 Å². The highest BCUT2D eigenvalue weighted by atomic mass is 16.4. The molecule has 3 heteroatoms. The maximum Gasteiger partial charge on any atom is 0.454 e. The van der Waals surface area contributed by atoms with Gasteiger partial charge in [0.15, 0.2) is 0 Å². The van der Waals surface area contributed by atoms with Crippen LogP contribution in [0.25, 0.3) is 0 Å². The smallest absolute Gasteiger partial charge is 0.427 e. The van der Waals surface area contributed by atoms with Gasteiger partial charge in [0.25, 0.3) is 0 Å². The van der Waals surface area contributed by atoms with Crippen molar-refractivity contribution < 1.29 is 10.0 Å². The highest BCUT2D eigenvalue weighted by Gasteiger charge is 2.18. The van der Waals surface area contributed by atoms with Crippen LogP contribution in [0.2, 0.25) is 5.82 Å². The van der Waals surface area contributed by atoms with E-state index in [4.69, 9.17) is 10.0 Å². The predicted molar refractivity (Wildman–Crippen MR) is 39.1 cm³/mol. The number of rotatable bonds is 3. The molecule has 0 aromatic heterocycles. The van der Waals surface area contributed by atoms with Crippen LogP contribution in [0.4, 0.5) is 0 Å². The molecule has 0 fully saturated rings. The van der Waals surface area contributed by atoms with Crippen LogP contribution in [0.1, 0.15) is 27.2 Å². The predicted octanol–water partition coefficient (Wildman–Crippen LogP) is 0.895. The zero-order chi connectivity index (χ0) is 7.44. The molecule has 9 heavy (non-hydrogen) atoms. The molecule has 0 aliphatic rings. The molecule has 2 nitrogen and oxygen atoms in total. The molecule has 2 N–H and O–H groups in total. The summed E-state index contributed by atoms with van der Waals surface area (Å²) in [5.41, 5.74) is 0. The number of hydrogen-bond donors (Lipinski definition) is 2. The molecule has 0 aliphatic heterocycles. The topological polar surface area (TPSA) is 40.5 Å². The molecule has 0 rings (SSSR count). The van der Waals surface area contributed by atoms with E-state index >= 15 is 0 Å². The minimum Gasteiger partial charge on any atom is -0.427 e. The Morgan fingerprint density at radius 2 is 1.67 bits per heavy atom. The summed E-state index contributed by atoms with van der Waals surface area (Å²) in [7, 11) is -1.15. The lowest BCUT2D eigenvalue weighted by molar-refractivity contribution is 0.373. The average Bonchev–Trinajstić information content (AvgIpc) is 1.63. The van der Waals surface area contributed by atoms with Crippen LogP contribution in [0.15, 0.2) is 0 Å². The van der Waals surface area contributed by atoms with Gasteiger partial charge in [-0.15, -0.1) is 0 Å². The van der Waals surface area contributed by atoms with Crippen LogP contribution in [0.3, 0.4) is 0 Å². The molecule has 0 radical (unpaired) electrons. The lowest BCUT2D eigenvalue weighted by Gasteiger charge is -2.11. The van der Waals surface area contributed by atoms with E-state index in [1.165, 1.54) is 0 Å². The quantitative estimate of drug-likeness (QED) is 0.557. The van der Waals surface area contributed by atoms with Gasteiger partial charge in [-0.3, -0.25) is 0 Å². The fourth-order valence-corrected chi connectivity index (χ4v) is 0.865. The molecule has 0 aromatic carbocycles. The molecular formula is C6H15BO2. The van der Waals surface area contributed by atoms with Gasteiger partial charge in [-0.25, -0.2) is 0 Å². The van der Waals surface area contributed by atoms with Crippen molar-refractivity contribution in [3.8, 4) is 0 Å². The Bertz CT molecular complexity index is 73.5. The van der Waals surface area contributed by atoms with Gasteiger partial charge in [0.05, 0.1) is 0 Å². The van der Waals surface area contributed by atoms with Crippen LogP contribution < -0.4 is 0 Å². The third-order valence-corrected chi connectivity index (χ3v) is 1.35. The summed E-state index contributed by atoms with van der Waals surface area (Å²) in [6.45, 7) is 5.97. The van der Waals surface area contributed by atoms with E-state index < -0.39 is 7.12 Å². The molecular weight excluding hydrogens is 115 g/mol. The third-order valence-electron chi connectivity index (χ3n) is 1.35. The van der Waals surface area contributed by atoms with E-state index in [0.717, 1.165) is 6.42 Å². The van der Waals surface area contributed by atoms with Gasteiger partial charge in [-0.2, -0.15) is 0 Å². The second-order valence-electron chi connectivity index (χ2n) is 3.02. The summed E-state index contributed by atoms with van der Waals surface area (Å²) < 4.78 is 0. The van der Waals surface area contributed by atoms with Gasteiger partial charge < -0.3 is 10.0 Å². The Hall–Kier alpha value is -0.0151. The molecule has 0 heterocycles. The van der Waals surface area contributed by atoms with Gasteiger partial charge in [0.1, 0.15) is 0 Å². The van der Waals surface area contributed by atoms with Crippen molar-refractivity contribution in [3.05, 3.63) is 0 Å². The molecule has 54 valence electrons. The maximum absolute atomic E-state index is 8.63. The summed E-state index contributed by atoms with van der Waals surface area (Å²) in [5, 5.41) is 17.3. The summed E-state index contributed by atoms with van der Waals surface area (Å²) in [4.78, 5) is 0. The summed E-state index contributed by atoms with van der Waals surface area (Å²) in [6, 6.07) is 0. The minimum absolute atomic E-state index is 0.00463. The van der Waals surface area contributed by atoms with E-state index in [0.29, 0.717) is 5.92 Å². The zero-order valence-electron chi connectivity index (χ0n) is 6.33. The first kappa shape index (κ1) is 8.98. The van der Waals surface area contributed by atoms with Gasteiger partial charge in [0.2, 0.25) is 0 Å². The highest BCUT2D eigenvalue weighted by molar-refractivity contribution is 6.42. The number of hydrogen-bond acceptors (Lipinski definition) is 2. The second kappa shape index (κ2) is 3.91. The van der Waals surface area contributed by atoms with Gasteiger partial charge >= 0.3 is 7.12 Å². The fourth-order valence-electron chi connectivity index (χ4n) is 0.865. The molecule has 0 saturated carbocycles. The van der Waals surface area contributed by atoms with E-state index in [1.807, 2.05) is 6.92 Å². The van der Waals surface area contributed by atoms with Gasteiger partial charge in [-0.05, 0) is 18.2 Å². The van der Waals surface area contributed by atoms with Crippen molar-refractivity contribution in [1.29, 1.82) is 0 Å². The Labute approximate surface area is 57.0 Å². The fraction of sp³-hybridized carbons (Fsp3) is 1.00. The van der Waals surface area contributed by atoms with Crippen molar-refractivity contribution in [3.63, 3.8) is 0 Å². The summed E-state index contributed by atoms with van der Waals surface area (Å²) in [6.07, 6.45) is 0.873. The van der Waals surface area contributed by atoms with Crippen molar-refractivity contribution in [2.45, 2.75) is 33.0 Å². The normalized spacial score (nSPS) is 14.0. The lowest BCUT2D eigenvalue weighted by Crippen LogP contribution is -2.18. The Balaban J connectivity index is 3.38. The molecule has 1 atom stereocenters. The summed E-state index contributed by atoms with van der Waals surface area (Å²) in [5.74, 6) is 0.548. The largest absolute Gasteiger partial charge is 0.454 e. The standard InChI is InChI=1S/C6H15BO2/c1-5(2)4-6(3)7(8)9/h5-6,8-9H,4H2,1-3H3. The molecule has 0 aliphatic carbocycles. The Kier molecular flexibility index (Phi) is 3.90. The van der Waals surface area contributed by atoms with E-state index in [9.17, 15) is 0 Å². The van der Waals surface area contributed by atoms with Crippen molar-refractivity contribution >= 4 is 7.12 Å². The van der Waals surface area contributed by atoms with Crippen LogP contribution in [-0.2, 0) is 0 Å². The second-order valence-corrected chi connectivity index (χ2v) is 3.02. The molecule has 0 saturated heterocycles. The average molecular weight is 130 g/mol. The molecule has 0 amide bonds.